The summed E-state index contributed by atoms with van der Waals surface area (Å²) in [4.78, 5) is 11.1. The number of hydrogen-bond donors (Lipinski definition) is 1. The van der Waals surface area contributed by atoms with Crippen molar-refractivity contribution < 1.29 is 9.84 Å². The van der Waals surface area contributed by atoms with E-state index in [1.165, 1.54) is 32.4 Å². The molecule has 1 saturated heterocycles. The van der Waals surface area contributed by atoms with E-state index in [2.05, 4.69) is 14.9 Å². The van der Waals surface area contributed by atoms with Crippen LogP contribution in [-0.4, -0.2) is 46.2 Å². The van der Waals surface area contributed by atoms with Crippen LogP contribution < -0.4 is 4.74 Å². The monoisotopic (exact) mass is 279 g/mol. The first-order chi connectivity index (χ1) is 9.70. The van der Waals surface area contributed by atoms with E-state index in [9.17, 15) is 5.11 Å². The van der Waals surface area contributed by atoms with Crippen molar-refractivity contribution in [3.8, 4) is 5.75 Å². The number of piperidine rings is 1. The summed E-state index contributed by atoms with van der Waals surface area (Å²) in [5.41, 5.74) is 0.586. The quantitative estimate of drug-likeness (QED) is 0.862. The molecule has 2 heterocycles. The van der Waals surface area contributed by atoms with Gasteiger partial charge in [0.15, 0.2) is 5.75 Å². The van der Waals surface area contributed by atoms with Crippen molar-refractivity contribution >= 4 is 0 Å². The summed E-state index contributed by atoms with van der Waals surface area (Å²) in [5, 5.41) is 9.39. The van der Waals surface area contributed by atoms with E-state index < -0.39 is 0 Å². The zero-order chi connectivity index (χ0) is 14.4. The molecule has 5 nitrogen and oxygen atoms in total. The maximum atomic E-state index is 9.39. The van der Waals surface area contributed by atoms with Crippen molar-refractivity contribution in [2.24, 2.45) is 0 Å². The average molecular weight is 279 g/mol. The summed E-state index contributed by atoms with van der Waals surface area (Å²) in [7, 11) is 0. The van der Waals surface area contributed by atoms with Crippen LogP contribution in [0.3, 0.4) is 0 Å². The molecule has 0 aliphatic carbocycles. The van der Waals surface area contributed by atoms with Crippen LogP contribution in [0.2, 0.25) is 0 Å². The number of ether oxygens (including phenoxy) is 1. The van der Waals surface area contributed by atoms with Gasteiger partial charge in [-0.2, -0.15) is 0 Å². The van der Waals surface area contributed by atoms with E-state index in [1.54, 1.807) is 6.20 Å². The Hall–Kier alpha value is -1.20. The molecule has 1 fully saturated rings. The van der Waals surface area contributed by atoms with Gasteiger partial charge in [-0.1, -0.05) is 20.3 Å². The molecule has 0 amide bonds. The number of aromatic nitrogens is 2. The first kappa shape index (κ1) is 15.2. The van der Waals surface area contributed by atoms with Gasteiger partial charge in [-0.15, -0.1) is 0 Å². The van der Waals surface area contributed by atoms with Gasteiger partial charge in [-0.25, -0.2) is 9.97 Å². The maximum Gasteiger partial charge on any atom is 0.161 e. The molecule has 1 aliphatic rings. The number of likely N-dealkylation sites (tertiary alicyclic amines) is 1. The summed E-state index contributed by atoms with van der Waals surface area (Å²) in [6.07, 6.45) is 5.60. The van der Waals surface area contributed by atoms with Crippen LogP contribution in [0.15, 0.2) is 6.20 Å². The Labute approximate surface area is 121 Å². The fourth-order valence-electron chi connectivity index (χ4n) is 2.40. The Morgan fingerprint density at radius 2 is 2.05 bits per heavy atom. The molecule has 1 aromatic rings. The lowest BCUT2D eigenvalue weighted by Gasteiger charge is -2.26. The Morgan fingerprint density at radius 1 is 1.30 bits per heavy atom. The molecule has 0 radical (unpaired) electrons. The van der Waals surface area contributed by atoms with Gasteiger partial charge in [0.1, 0.15) is 18.1 Å². The van der Waals surface area contributed by atoms with E-state index in [0.717, 1.165) is 12.4 Å². The molecule has 1 aliphatic heterocycles. The van der Waals surface area contributed by atoms with Gasteiger partial charge in [0, 0.05) is 12.5 Å². The highest BCUT2D eigenvalue weighted by molar-refractivity contribution is 5.24. The van der Waals surface area contributed by atoms with Crippen molar-refractivity contribution in [2.75, 3.05) is 26.2 Å². The molecule has 20 heavy (non-hydrogen) atoms. The molecule has 5 heteroatoms. The van der Waals surface area contributed by atoms with Crippen molar-refractivity contribution in [1.82, 2.24) is 14.9 Å². The summed E-state index contributed by atoms with van der Waals surface area (Å²) >= 11 is 0. The standard InChI is InChI=1S/C15H25N3O2/c1-12(2)15-16-10-14(13(11-19)17-15)20-9-8-18-6-4-3-5-7-18/h10,12,19H,3-9,11H2,1-2H3. The van der Waals surface area contributed by atoms with Gasteiger partial charge >= 0.3 is 0 Å². The summed E-state index contributed by atoms with van der Waals surface area (Å²) in [6, 6.07) is 0. The van der Waals surface area contributed by atoms with E-state index >= 15 is 0 Å². The van der Waals surface area contributed by atoms with Crippen LogP contribution in [-0.2, 0) is 6.61 Å². The fraction of sp³-hybridized carbons (Fsp3) is 0.733. The third-order valence-corrected chi connectivity index (χ3v) is 3.63. The fourth-order valence-corrected chi connectivity index (χ4v) is 2.40. The molecule has 0 saturated carbocycles. The molecule has 0 atom stereocenters. The van der Waals surface area contributed by atoms with E-state index in [1.807, 2.05) is 13.8 Å². The first-order valence-corrected chi connectivity index (χ1v) is 7.52. The molecule has 2 rings (SSSR count). The first-order valence-electron chi connectivity index (χ1n) is 7.52. The van der Waals surface area contributed by atoms with E-state index in [4.69, 9.17) is 4.74 Å². The van der Waals surface area contributed by atoms with Crippen molar-refractivity contribution in [2.45, 2.75) is 45.6 Å². The topological polar surface area (TPSA) is 58.5 Å². The lowest BCUT2D eigenvalue weighted by atomic mass is 10.1. The average Bonchev–Trinajstić information content (AvgIpc) is 2.48. The Balaban J connectivity index is 1.88. The van der Waals surface area contributed by atoms with Gasteiger partial charge in [0.05, 0.1) is 12.8 Å². The minimum Gasteiger partial charge on any atom is -0.489 e. The zero-order valence-corrected chi connectivity index (χ0v) is 12.5. The highest BCUT2D eigenvalue weighted by Crippen LogP contribution is 2.18. The van der Waals surface area contributed by atoms with Crippen LogP contribution in [0.5, 0.6) is 5.75 Å². The molecule has 0 spiro atoms. The van der Waals surface area contributed by atoms with Crippen LogP contribution in [0.1, 0.15) is 50.5 Å². The van der Waals surface area contributed by atoms with Crippen LogP contribution in [0.4, 0.5) is 0 Å². The van der Waals surface area contributed by atoms with Crippen LogP contribution >= 0.6 is 0 Å². The molecular formula is C15H25N3O2. The zero-order valence-electron chi connectivity index (χ0n) is 12.5. The Bertz CT molecular complexity index is 418. The number of nitrogens with zero attached hydrogens (tertiary/aromatic N) is 3. The smallest absolute Gasteiger partial charge is 0.161 e. The predicted octanol–water partition coefficient (Wildman–Crippen LogP) is 1.96. The summed E-state index contributed by atoms with van der Waals surface area (Å²) in [5.74, 6) is 1.61. The lowest BCUT2D eigenvalue weighted by Crippen LogP contribution is -2.33. The highest BCUT2D eigenvalue weighted by Gasteiger charge is 2.12. The number of rotatable bonds is 6. The van der Waals surface area contributed by atoms with Gasteiger partial charge in [0.25, 0.3) is 0 Å². The van der Waals surface area contributed by atoms with Crippen molar-refractivity contribution in [1.29, 1.82) is 0 Å². The van der Waals surface area contributed by atoms with Crippen molar-refractivity contribution in [3.63, 3.8) is 0 Å². The molecule has 1 aromatic heterocycles. The molecular weight excluding hydrogens is 254 g/mol. The second kappa shape index (κ2) is 7.55. The van der Waals surface area contributed by atoms with Crippen LogP contribution in [0.25, 0.3) is 0 Å². The SMILES string of the molecule is CC(C)c1ncc(OCCN2CCCCC2)c(CO)n1. The highest BCUT2D eigenvalue weighted by atomic mass is 16.5. The second-order valence-corrected chi connectivity index (χ2v) is 5.60. The van der Waals surface area contributed by atoms with Gasteiger partial charge < -0.3 is 9.84 Å². The third kappa shape index (κ3) is 4.15. The van der Waals surface area contributed by atoms with E-state index in [0.29, 0.717) is 18.1 Å². The van der Waals surface area contributed by atoms with Gasteiger partial charge in [-0.05, 0) is 25.9 Å². The maximum absolute atomic E-state index is 9.39. The normalized spacial score (nSPS) is 16.6. The minimum absolute atomic E-state index is 0.110. The van der Waals surface area contributed by atoms with Gasteiger partial charge in [0.2, 0.25) is 0 Å². The minimum atomic E-state index is -0.110. The molecule has 112 valence electrons. The van der Waals surface area contributed by atoms with Gasteiger partial charge in [-0.3, -0.25) is 4.90 Å². The van der Waals surface area contributed by atoms with E-state index in [-0.39, 0.29) is 12.5 Å². The molecule has 1 N–H and O–H groups in total. The predicted molar refractivity (Wildman–Crippen MR) is 77.8 cm³/mol. The molecule has 0 unspecified atom stereocenters. The summed E-state index contributed by atoms with van der Waals surface area (Å²) < 4.78 is 5.74. The lowest BCUT2D eigenvalue weighted by molar-refractivity contribution is 0.179. The van der Waals surface area contributed by atoms with Crippen LogP contribution in [0, 0.1) is 0 Å². The summed E-state index contributed by atoms with van der Waals surface area (Å²) in [6.45, 7) is 7.84. The molecule has 0 aromatic carbocycles. The van der Waals surface area contributed by atoms with Crippen molar-refractivity contribution in [3.05, 3.63) is 17.7 Å². The number of aliphatic hydroxyl groups is 1. The number of aliphatic hydroxyl groups excluding tert-OH is 1. The number of hydrogen-bond acceptors (Lipinski definition) is 5. The second-order valence-electron chi connectivity index (χ2n) is 5.60. The third-order valence-electron chi connectivity index (χ3n) is 3.63. The largest absolute Gasteiger partial charge is 0.489 e. The molecule has 0 bridgehead atoms. The Morgan fingerprint density at radius 3 is 2.70 bits per heavy atom. The Kier molecular flexibility index (Phi) is 5.73.